The summed E-state index contributed by atoms with van der Waals surface area (Å²) in [7, 11) is 0. The van der Waals surface area contributed by atoms with Gasteiger partial charge in [0.2, 0.25) is 5.91 Å². The van der Waals surface area contributed by atoms with Gasteiger partial charge >= 0.3 is 6.18 Å². The van der Waals surface area contributed by atoms with E-state index in [2.05, 4.69) is 5.32 Å². The fourth-order valence-corrected chi connectivity index (χ4v) is 4.54. The van der Waals surface area contributed by atoms with Crippen LogP contribution in [0.25, 0.3) is 5.57 Å². The van der Waals surface area contributed by atoms with E-state index >= 15 is 0 Å². The molecule has 0 spiro atoms. The Bertz CT molecular complexity index is 1200. The van der Waals surface area contributed by atoms with Crippen molar-refractivity contribution in [3.63, 3.8) is 0 Å². The van der Waals surface area contributed by atoms with Crippen LogP contribution in [0.3, 0.4) is 0 Å². The molecule has 2 aliphatic heterocycles. The Labute approximate surface area is 206 Å². The summed E-state index contributed by atoms with van der Waals surface area (Å²) in [4.78, 5) is 26.6. The molecule has 0 bridgehead atoms. The first-order valence-electron chi connectivity index (χ1n) is 11.7. The lowest BCUT2D eigenvalue weighted by Gasteiger charge is -2.39. The largest absolute Gasteiger partial charge is 0.486 e. The predicted molar refractivity (Wildman–Crippen MR) is 128 cm³/mol. The van der Waals surface area contributed by atoms with E-state index in [1.54, 1.807) is 18.2 Å². The first-order chi connectivity index (χ1) is 17.1. The second-order valence-electron chi connectivity index (χ2n) is 8.75. The highest BCUT2D eigenvalue weighted by atomic mass is 19.4. The molecule has 2 heterocycles. The highest BCUT2D eigenvalue weighted by Gasteiger charge is 2.38. The summed E-state index contributed by atoms with van der Waals surface area (Å²) in [5, 5.41) is 12.1. The summed E-state index contributed by atoms with van der Waals surface area (Å²) in [5.74, 6) is -0.413. The third-order valence-electron chi connectivity index (χ3n) is 6.60. The number of amides is 2. The molecule has 0 unspecified atom stereocenters. The number of anilines is 2. The quantitative estimate of drug-likeness (QED) is 0.553. The van der Waals surface area contributed by atoms with Gasteiger partial charge in [-0.25, -0.2) is 0 Å². The SMILES string of the molecule is CCC1(CC)C/C(=C\C(=O)Nc2cccc3c2OCC(=O)N3CCO)c2ccc(C(F)(F)F)cc2O1. The average molecular weight is 505 g/mol. The van der Waals surface area contributed by atoms with Crippen molar-refractivity contribution >= 4 is 28.8 Å². The second-order valence-corrected chi connectivity index (χ2v) is 8.75. The number of nitrogens with one attached hydrogen (secondary N) is 1. The predicted octanol–water partition coefficient (Wildman–Crippen LogP) is 4.79. The van der Waals surface area contributed by atoms with Gasteiger partial charge in [-0.05, 0) is 42.7 Å². The molecule has 0 radical (unpaired) electrons. The molecular formula is C26H27F3N2O5. The molecule has 2 aromatic carbocycles. The Morgan fingerprint density at radius 2 is 1.97 bits per heavy atom. The fraction of sp³-hybridized carbons (Fsp3) is 0.385. The lowest BCUT2D eigenvalue weighted by Crippen LogP contribution is -2.40. The maximum atomic E-state index is 13.3. The molecule has 0 atom stereocenters. The monoisotopic (exact) mass is 504 g/mol. The zero-order chi connectivity index (χ0) is 26.1. The van der Waals surface area contributed by atoms with E-state index < -0.39 is 23.2 Å². The Morgan fingerprint density at radius 3 is 2.64 bits per heavy atom. The van der Waals surface area contributed by atoms with Crippen LogP contribution in [-0.2, 0) is 15.8 Å². The molecule has 2 amide bonds. The van der Waals surface area contributed by atoms with Crippen molar-refractivity contribution in [1.29, 1.82) is 0 Å². The number of β-amino-alcohol motifs (C(OH)–C–C–N with tert-alkyl or cyclic N) is 1. The molecule has 0 saturated carbocycles. The van der Waals surface area contributed by atoms with Gasteiger partial charge in [0.1, 0.15) is 11.4 Å². The summed E-state index contributed by atoms with van der Waals surface area (Å²) in [6.45, 7) is 3.41. The lowest BCUT2D eigenvalue weighted by molar-refractivity contribution is -0.137. The van der Waals surface area contributed by atoms with E-state index in [1.165, 1.54) is 17.0 Å². The molecule has 10 heteroatoms. The molecule has 0 aromatic heterocycles. The molecule has 2 N–H and O–H groups in total. The van der Waals surface area contributed by atoms with Crippen molar-refractivity contribution in [2.75, 3.05) is 30.0 Å². The molecule has 36 heavy (non-hydrogen) atoms. The summed E-state index contributed by atoms with van der Waals surface area (Å²) >= 11 is 0. The molecule has 192 valence electrons. The summed E-state index contributed by atoms with van der Waals surface area (Å²) in [5.41, 5.74) is 0.210. The highest BCUT2D eigenvalue weighted by Crippen LogP contribution is 2.46. The van der Waals surface area contributed by atoms with Crippen LogP contribution in [0, 0.1) is 0 Å². The van der Waals surface area contributed by atoms with Gasteiger partial charge in [0.15, 0.2) is 12.4 Å². The van der Waals surface area contributed by atoms with Crippen LogP contribution in [0.15, 0.2) is 42.5 Å². The average Bonchev–Trinajstić information content (AvgIpc) is 2.84. The minimum absolute atomic E-state index is 0.0868. The number of nitrogens with zero attached hydrogens (tertiary/aromatic N) is 1. The smallest absolute Gasteiger partial charge is 0.416 e. The van der Waals surface area contributed by atoms with Crippen LogP contribution in [0.1, 0.15) is 44.2 Å². The van der Waals surface area contributed by atoms with Crippen LogP contribution >= 0.6 is 0 Å². The number of alkyl halides is 3. The van der Waals surface area contributed by atoms with E-state index in [1.807, 2.05) is 13.8 Å². The van der Waals surface area contributed by atoms with Crippen molar-refractivity contribution in [3.8, 4) is 11.5 Å². The molecule has 0 aliphatic carbocycles. The third-order valence-corrected chi connectivity index (χ3v) is 6.60. The van der Waals surface area contributed by atoms with Gasteiger partial charge in [0, 0.05) is 24.6 Å². The molecule has 2 aliphatic rings. The fourth-order valence-electron chi connectivity index (χ4n) is 4.54. The first-order valence-corrected chi connectivity index (χ1v) is 11.7. The minimum Gasteiger partial charge on any atom is -0.486 e. The van der Waals surface area contributed by atoms with Gasteiger partial charge in [-0.3, -0.25) is 9.59 Å². The second kappa shape index (κ2) is 9.85. The van der Waals surface area contributed by atoms with Crippen molar-refractivity contribution in [1.82, 2.24) is 0 Å². The van der Waals surface area contributed by atoms with Crippen LogP contribution in [0.2, 0.25) is 0 Å². The molecule has 0 saturated heterocycles. The molecule has 0 fully saturated rings. The first kappa shape index (κ1) is 25.6. The van der Waals surface area contributed by atoms with Crippen LogP contribution < -0.4 is 19.7 Å². The van der Waals surface area contributed by atoms with E-state index in [0.29, 0.717) is 47.5 Å². The van der Waals surface area contributed by atoms with E-state index in [-0.39, 0.29) is 31.4 Å². The van der Waals surface area contributed by atoms with Crippen molar-refractivity contribution < 1.29 is 37.3 Å². The maximum Gasteiger partial charge on any atom is 0.416 e. The van der Waals surface area contributed by atoms with Crippen LogP contribution in [0.5, 0.6) is 11.5 Å². The van der Waals surface area contributed by atoms with Crippen molar-refractivity contribution in [2.45, 2.75) is 44.9 Å². The number of aliphatic hydroxyl groups excluding tert-OH is 1. The number of carbonyl (C=O) groups is 2. The highest BCUT2D eigenvalue weighted by molar-refractivity contribution is 6.07. The zero-order valence-corrected chi connectivity index (χ0v) is 19.9. The normalized spacial score (nSPS) is 17.7. The van der Waals surface area contributed by atoms with E-state index in [4.69, 9.17) is 9.47 Å². The standard InChI is InChI=1S/C26H27F3N2O5/c1-3-25(4-2)14-16(18-9-8-17(26(27,28)29)13-21(18)36-25)12-22(33)30-19-6-5-7-20-24(19)35-15-23(34)31(20)10-11-32/h5-9,12-13,32H,3-4,10-11,14-15H2,1-2H3,(H,30,33)/b16-12+. The Balaban J connectivity index is 1.68. The lowest BCUT2D eigenvalue weighted by atomic mass is 9.83. The summed E-state index contributed by atoms with van der Waals surface area (Å²) in [6, 6.07) is 8.22. The van der Waals surface area contributed by atoms with Crippen molar-refractivity contribution in [2.24, 2.45) is 0 Å². The number of carbonyl (C=O) groups excluding carboxylic acids is 2. The number of hydrogen-bond acceptors (Lipinski definition) is 5. The summed E-state index contributed by atoms with van der Waals surface area (Å²) in [6.07, 6.45) is -1.70. The maximum absolute atomic E-state index is 13.3. The Hall–Kier alpha value is -3.53. The minimum atomic E-state index is -4.52. The summed E-state index contributed by atoms with van der Waals surface area (Å²) < 4.78 is 51.6. The third kappa shape index (κ3) is 4.90. The number of benzene rings is 2. The molecule has 7 nitrogen and oxygen atoms in total. The molecular weight excluding hydrogens is 477 g/mol. The number of ether oxygens (including phenoxy) is 2. The van der Waals surface area contributed by atoms with Gasteiger partial charge in [-0.2, -0.15) is 13.2 Å². The molecule has 2 aromatic rings. The van der Waals surface area contributed by atoms with Gasteiger partial charge in [0.25, 0.3) is 5.91 Å². The molecule has 4 rings (SSSR count). The zero-order valence-electron chi connectivity index (χ0n) is 19.9. The number of rotatable bonds is 6. The van der Waals surface area contributed by atoms with Crippen molar-refractivity contribution in [3.05, 3.63) is 53.6 Å². The van der Waals surface area contributed by atoms with Crippen LogP contribution in [-0.4, -0.2) is 42.3 Å². The number of hydrogen-bond donors (Lipinski definition) is 2. The number of para-hydroxylation sites is 1. The number of halogens is 3. The number of fused-ring (bicyclic) bond motifs is 2. The topological polar surface area (TPSA) is 88.1 Å². The van der Waals surface area contributed by atoms with Gasteiger partial charge in [-0.1, -0.05) is 26.0 Å². The Kier molecular flexibility index (Phi) is 6.99. The van der Waals surface area contributed by atoms with Gasteiger partial charge in [0.05, 0.1) is 23.5 Å². The number of aliphatic hydroxyl groups is 1. The van der Waals surface area contributed by atoms with E-state index in [9.17, 15) is 27.9 Å². The van der Waals surface area contributed by atoms with Gasteiger partial charge < -0.3 is 24.8 Å². The van der Waals surface area contributed by atoms with E-state index in [0.717, 1.165) is 12.1 Å². The van der Waals surface area contributed by atoms with Gasteiger partial charge in [-0.15, -0.1) is 0 Å². The van der Waals surface area contributed by atoms with Crippen LogP contribution in [0.4, 0.5) is 24.5 Å². The Morgan fingerprint density at radius 1 is 1.22 bits per heavy atom.